The predicted octanol–water partition coefficient (Wildman–Crippen LogP) is 14.2. The number of allylic oxidation sites excluding steroid dienone is 6. The van der Waals surface area contributed by atoms with Crippen LogP contribution in [0, 0.1) is 0 Å². The highest BCUT2D eigenvalue weighted by molar-refractivity contribution is 5.72. The van der Waals surface area contributed by atoms with Crippen LogP contribution in [0.2, 0.25) is 0 Å². The van der Waals surface area contributed by atoms with Crippen molar-refractivity contribution in [3.8, 4) is 0 Å². The number of unbranched alkanes of at least 4 members (excludes halogenated alkanes) is 25. The molecule has 0 aliphatic heterocycles. The monoisotopic (exact) mass is 847 g/mol. The lowest BCUT2D eigenvalue weighted by atomic mass is 10.0. The Bertz CT molecular complexity index is 1080. The van der Waals surface area contributed by atoms with E-state index in [9.17, 15) is 19.5 Å². The normalized spacial score (nSPS) is 13.2. The summed E-state index contributed by atoms with van der Waals surface area (Å²) in [5.41, 5.74) is 0. The fraction of sp³-hybridized carbons (Fsp3) is 0.827. The van der Waals surface area contributed by atoms with E-state index in [1.54, 1.807) is 0 Å². The third kappa shape index (κ3) is 40.9. The van der Waals surface area contributed by atoms with Crippen LogP contribution in [-0.2, 0) is 28.6 Å². The molecule has 1 N–H and O–H groups in total. The molecule has 0 bridgehead atoms. The number of hydrogen-bond donors (Lipinski definition) is 1. The minimum absolute atomic E-state index is 0.0517. The number of nitrogens with zero attached hydrogens (tertiary/aromatic N) is 1. The Hall–Kier alpha value is -2.45. The number of quaternary nitrogens is 1. The van der Waals surface area contributed by atoms with Gasteiger partial charge in [0.15, 0.2) is 12.1 Å². The Kier molecular flexibility index (Phi) is 41.4. The molecule has 0 aliphatic rings. The van der Waals surface area contributed by atoms with Gasteiger partial charge in [0.2, 0.25) is 0 Å². The Morgan fingerprint density at radius 2 is 0.933 bits per heavy atom. The Morgan fingerprint density at radius 1 is 0.517 bits per heavy atom. The van der Waals surface area contributed by atoms with Crippen molar-refractivity contribution in [2.45, 2.75) is 238 Å². The number of aliphatic carboxylic acids is 1. The summed E-state index contributed by atoms with van der Waals surface area (Å²) in [6.45, 7) is 4.65. The number of hydrogen-bond acceptors (Lipinski definition) is 6. The van der Waals surface area contributed by atoms with Gasteiger partial charge in [-0.05, 0) is 44.9 Å². The molecular formula is C52H96NO7+. The zero-order chi connectivity index (χ0) is 44.2. The molecule has 0 amide bonds. The van der Waals surface area contributed by atoms with E-state index in [-0.39, 0.29) is 36.2 Å². The molecule has 0 aliphatic carbocycles. The molecule has 0 aromatic heterocycles. The highest BCUT2D eigenvalue weighted by Crippen LogP contribution is 2.16. The molecule has 0 rings (SSSR count). The van der Waals surface area contributed by atoms with E-state index in [0.29, 0.717) is 19.3 Å². The van der Waals surface area contributed by atoms with E-state index in [4.69, 9.17) is 14.2 Å². The van der Waals surface area contributed by atoms with Gasteiger partial charge in [-0.25, -0.2) is 4.79 Å². The fourth-order valence-electron chi connectivity index (χ4n) is 7.46. The number of esters is 2. The van der Waals surface area contributed by atoms with Gasteiger partial charge in [-0.3, -0.25) is 9.59 Å². The van der Waals surface area contributed by atoms with E-state index in [0.717, 1.165) is 64.2 Å². The van der Waals surface area contributed by atoms with E-state index >= 15 is 0 Å². The van der Waals surface area contributed by atoms with Gasteiger partial charge < -0.3 is 23.8 Å². The SMILES string of the molecule is CC/C=C\C/C=C\C/C=C\CCCCCCCCCC(=O)OC(COCCC(C(=O)O)[N+](C)(C)C)COC(=O)CCCCCCCCCCCCCCCCCCCCC. The van der Waals surface area contributed by atoms with E-state index in [2.05, 4.69) is 50.3 Å². The zero-order valence-electron chi connectivity index (χ0n) is 39.9. The minimum atomic E-state index is -0.875. The Labute approximate surface area is 370 Å². The summed E-state index contributed by atoms with van der Waals surface area (Å²) >= 11 is 0. The summed E-state index contributed by atoms with van der Waals surface area (Å²) in [7, 11) is 5.53. The maximum Gasteiger partial charge on any atom is 0.362 e. The van der Waals surface area contributed by atoms with Gasteiger partial charge in [0.1, 0.15) is 6.61 Å². The second kappa shape index (κ2) is 43.2. The summed E-state index contributed by atoms with van der Waals surface area (Å²) < 4.78 is 17.3. The van der Waals surface area contributed by atoms with Crippen molar-refractivity contribution in [3.63, 3.8) is 0 Å². The number of ether oxygens (including phenoxy) is 3. The lowest BCUT2D eigenvalue weighted by Gasteiger charge is -2.31. The molecule has 0 fully saturated rings. The van der Waals surface area contributed by atoms with E-state index in [1.807, 2.05) is 21.1 Å². The van der Waals surface area contributed by atoms with Crippen molar-refractivity contribution in [2.75, 3.05) is 41.0 Å². The van der Waals surface area contributed by atoms with Crippen LogP contribution in [0.3, 0.4) is 0 Å². The number of carboxylic acids is 1. The molecule has 60 heavy (non-hydrogen) atoms. The van der Waals surface area contributed by atoms with Crippen molar-refractivity contribution in [2.24, 2.45) is 0 Å². The van der Waals surface area contributed by atoms with Crippen molar-refractivity contribution >= 4 is 17.9 Å². The first-order valence-corrected chi connectivity index (χ1v) is 25.0. The fourth-order valence-corrected chi connectivity index (χ4v) is 7.46. The van der Waals surface area contributed by atoms with Crippen LogP contribution in [0.25, 0.3) is 0 Å². The van der Waals surface area contributed by atoms with Crippen LogP contribution in [0.5, 0.6) is 0 Å². The summed E-state index contributed by atoms with van der Waals surface area (Å²) in [5.74, 6) is -1.47. The van der Waals surface area contributed by atoms with Gasteiger partial charge in [0.25, 0.3) is 0 Å². The summed E-state index contributed by atoms with van der Waals surface area (Å²) in [6.07, 6.45) is 50.5. The van der Waals surface area contributed by atoms with E-state index < -0.39 is 18.1 Å². The molecule has 0 heterocycles. The number of rotatable bonds is 45. The van der Waals surface area contributed by atoms with Crippen molar-refractivity contribution in [1.29, 1.82) is 0 Å². The lowest BCUT2D eigenvalue weighted by Crippen LogP contribution is -2.50. The standard InChI is InChI=1S/C52H95NO7/c1-6-8-10-12-14-16-18-20-22-24-25-27-28-30-32-34-36-38-40-42-50(54)59-47-48(46-58-45-44-49(52(56)57)53(3,4)5)60-51(55)43-41-39-37-35-33-31-29-26-23-21-19-17-15-13-11-9-7-2/h9,11,15,17,21,23,48-49H,6-8,10,12-14,16,18-20,22,24-47H2,1-5H3/p+1/b11-9-,17-15-,23-21-. The third-order valence-electron chi connectivity index (χ3n) is 11.3. The van der Waals surface area contributed by atoms with Gasteiger partial charge in [-0.2, -0.15) is 0 Å². The molecule has 0 aromatic rings. The van der Waals surface area contributed by atoms with Gasteiger partial charge in [-0.1, -0.05) is 198 Å². The van der Waals surface area contributed by atoms with Crippen LogP contribution in [0.4, 0.5) is 0 Å². The number of carboxylic acid groups (broad SMARTS) is 1. The zero-order valence-corrected chi connectivity index (χ0v) is 39.9. The largest absolute Gasteiger partial charge is 0.477 e. The molecule has 2 atom stereocenters. The van der Waals surface area contributed by atoms with E-state index in [1.165, 1.54) is 128 Å². The first kappa shape index (κ1) is 57.5. The first-order valence-electron chi connectivity index (χ1n) is 25.0. The molecule has 0 aromatic carbocycles. The maximum atomic E-state index is 12.8. The van der Waals surface area contributed by atoms with Crippen LogP contribution in [-0.4, -0.2) is 80.6 Å². The van der Waals surface area contributed by atoms with Crippen LogP contribution >= 0.6 is 0 Å². The summed E-state index contributed by atoms with van der Waals surface area (Å²) in [4.78, 5) is 37.1. The smallest absolute Gasteiger partial charge is 0.362 e. The summed E-state index contributed by atoms with van der Waals surface area (Å²) in [6, 6.07) is -0.615. The summed E-state index contributed by atoms with van der Waals surface area (Å²) in [5, 5.41) is 9.64. The highest BCUT2D eigenvalue weighted by atomic mass is 16.6. The molecule has 8 nitrogen and oxygen atoms in total. The molecule has 350 valence electrons. The molecule has 2 unspecified atom stereocenters. The van der Waals surface area contributed by atoms with Gasteiger partial charge in [0, 0.05) is 19.3 Å². The van der Waals surface area contributed by atoms with Crippen LogP contribution < -0.4 is 0 Å². The van der Waals surface area contributed by atoms with Crippen molar-refractivity contribution in [3.05, 3.63) is 36.5 Å². The first-order chi connectivity index (χ1) is 29.1. The molecule has 0 saturated carbocycles. The predicted molar refractivity (Wildman–Crippen MR) is 252 cm³/mol. The van der Waals surface area contributed by atoms with Gasteiger partial charge in [0.05, 0.1) is 34.4 Å². The van der Waals surface area contributed by atoms with Crippen LogP contribution in [0.1, 0.15) is 226 Å². The minimum Gasteiger partial charge on any atom is -0.477 e. The average Bonchev–Trinajstić information content (AvgIpc) is 3.21. The average molecular weight is 847 g/mol. The number of carbonyl (C=O) groups is 3. The molecule has 8 heteroatoms. The number of carbonyl (C=O) groups excluding carboxylic acids is 2. The Morgan fingerprint density at radius 3 is 1.38 bits per heavy atom. The van der Waals surface area contributed by atoms with Crippen molar-refractivity contribution < 1.29 is 38.2 Å². The molecular weight excluding hydrogens is 751 g/mol. The molecule has 0 radical (unpaired) electrons. The molecule has 0 spiro atoms. The second-order valence-corrected chi connectivity index (χ2v) is 18.1. The third-order valence-corrected chi connectivity index (χ3v) is 11.3. The van der Waals surface area contributed by atoms with Gasteiger partial charge >= 0.3 is 17.9 Å². The van der Waals surface area contributed by atoms with Crippen LogP contribution in [0.15, 0.2) is 36.5 Å². The lowest BCUT2D eigenvalue weighted by molar-refractivity contribution is -0.887. The quantitative estimate of drug-likeness (QED) is 0.0282. The van der Waals surface area contributed by atoms with Crippen molar-refractivity contribution in [1.82, 2.24) is 0 Å². The topological polar surface area (TPSA) is 99.1 Å². The Balaban J connectivity index is 4.24. The second-order valence-electron chi connectivity index (χ2n) is 18.1. The molecule has 0 saturated heterocycles. The highest BCUT2D eigenvalue weighted by Gasteiger charge is 2.31. The maximum absolute atomic E-state index is 12.8. The number of likely N-dealkylation sites (N-methyl/N-ethyl adjacent to an activating group) is 1. The van der Waals surface area contributed by atoms with Gasteiger partial charge in [-0.15, -0.1) is 0 Å².